The van der Waals surface area contributed by atoms with Crippen LogP contribution in [0.3, 0.4) is 0 Å². The van der Waals surface area contributed by atoms with Gasteiger partial charge in [0.2, 0.25) is 35.4 Å². The molecule has 4 N–H and O–H groups in total. The van der Waals surface area contributed by atoms with Gasteiger partial charge in [-0.25, -0.2) is 4.98 Å². The highest BCUT2D eigenvalue weighted by molar-refractivity contribution is 5.99. The summed E-state index contributed by atoms with van der Waals surface area (Å²) in [7, 11) is 0. The molecule has 7 rings (SSSR count). The van der Waals surface area contributed by atoms with Crippen molar-refractivity contribution in [1.82, 2.24) is 40.6 Å². The third-order valence-corrected chi connectivity index (χ3v) is 12.3. The van der Waals surface area contributed by atoms with Crippen LogP contribution in [0.2, 0.25) is 0 Å². The number of imidazole rings is 1. The van der Waals surface area contributed by atoms with Crippen LogP contribution in [0, 0.1) is 5.92 Å². The van der Waals surface area contributed by atoms with Crippen LogP contribution < -0.4 is 16.0 Å². The van der Waals surface area contributed by atoms with Gasteiger partial charge in [-0.2, -0.15) is 0 Å². The molecule has 3 aromatic rings. The molecule has 4 aliphatic heterocycles. The molecule has 4 aliphatic rings. The standard InChI is InChI=1S/C42H54N8O6/c1-3-26(2)36-42(56)50-19-9-7-14-35(50)41(55)49-18-8-6-13-33(49)39(53)46-32(23-30-24-43-25-44-30)40(54)48-20-10-15-34(48)38(52)45-31(37(51)47-36)22-27-16-17-28-11-4-5-12-29(28)21-27/h4-5,11-12,16-17,21,24-26,31-36H,3,6-10,13-15,18-20,22-23H2,1-2H3,(H,43,44)(H,45,52)(H,46,53)(H,47,51)/t26?,31-,32-,33?,34?,35-,36?/m1/s1. The van der Waals surface area contributed by atoms with Crippen LogP contribution in [-0.4, -0.2) is 116 Å². The van der Waals surface area contributed by atoms with Crippen LogP contribution in [0.25, 0.3) is 10.8 Å². The summed E-state index contributed by atoms with van der Waals surface area (Å²) in [6.07, 6.45) is 8.59. The van der Waals surface area contributed by atoms with Gasteiger partial charge in [0.25, 0.3) is 0 Å². The Labute approximate surface area is 327 Å². The number of rotatable bonds is 6. The highest BCUT2D eigenvalue weighted by atomic mass is 16.2. The molecule has 0 spiro atoms. The van der Waals surface area contributed by atoms with Crippen molar-refractivity contribution in [1.29, 1.82) is 0 Å². The monoisotopic (exact) mass is 766 g/mol. The van der Waals surface area contributed by atoms with E-state index in [1.54, 1.807) is 16.0 Å². The summed E-state index contributed by atoms with van der Waals surface area (Å²) in [6.45, 7) is 4.84. The molecule has 14 heteroatoms. The maximum atomic E-state index is 14.7. The Morgan fingerprint density at radius 1 is 0.661 bits per heavy atom. The summed E-state index contributed by atoms with van der Waals surface area (Å²) in [5.74, 6) is -2.75. The number of carbonyl (C=O) groups excluding carboxylic acids is 6. The largest absolute Gasteiger partial charge is 0.348 e. The number of nitrogens with zero attached hydrogens (tertiary/aromatic N) is 4. The molecule has 4 unspecified atom stereocenters. The van der Waals surface area contributed by atoms with E-state index in [4.69, 9.17) is 0 Å². The Kier molecular flexibility index (Phi) is 12.0. The van der Waals surface area contributed by atoms with E-state index < -0.39 is 59.9 Å². The molecular weight excluding hydrogens is 713 g/mol. The number of nitrogens with one attached hydrogen (secondary N) is 4. The first-order valence-electron chi connectivity index (χ1n) is 20.4. The van der Waals surface area contributed by atoms with E-state index in [9.17, 15) is 28.8 Å². The first kappa shape index (κ1) is 39.0. The van der Waals surface area contributed by atoms with Crippen molar-refractivity contribution in [3.8, 4) is 0 Å². The maximum absolute atomic E-state index is 14.7. The zero-order valence-electron chi connectivity index (χ0n) is 32.4. The van der Waals surface area contributed by atoms with Crippen molar-refractivity contribution in [2.75, 3.05) is 19.6 Å². The first-order valence-corrected chi connectivity index (χ1v) is 20.4. The molecule has 4 fully saturated rings. The summed E-state index contributed by atoms with van der Waals surface area (Å²) in [5.41, 5.74) is 1.44. The normalized spacial score (nSPS) is 27.7. The van der Waals surface area contributed by atoms with Crippen LogP contribution in [0.15, 0.2) is 55.0 Å². The van der Waals surface area contributed by atoms with Gasteiger partial charge in [-0.05, 0) is 73.6 Å². The average Bonchev–Trinajstić information content (AvgIpc) is 3.94. The second kappa shape index (κ2) is 17.3. The van der Waals surface area contributed by atoms with Gasteiger partial charge in [-0.1, -0.05) is 62.7 Å². The number of aromatic nitrogens is 2. The molecule has 298 valence electrons. The quantitative estimate of drug-likeness (QED) is 0.298. The number of hydrogen-bond acceptors (Lipinski definition) is 7. The van der Waals surface area contributed by atoms with Crippen molar-refractivity contribution in [2.45, 2.75) is 121 Å². The van der Waals surface area contributed by atoms with E-state index in [1.807, 2.05) is 56.3 Å². The third-order valence-electron chi connectivity index (χ3n) is 12.3. The lowest BCUT2D eigenvalue weighted by Crippen LogP contribution is -2.64. The van der Waals surface area contributed by atoms with Crippen LogP contribution >= 0.6 is 0 Å². The van der Waals surface area contributed by atoms with E-state index in [-0.39, 0.29) is 30.6 Å². The lowest BCUT2D eigenvalue weighted by molar-refractivity contribution is -0.155. The zero-order chi connectivity index (χ0) is 39.3. The summed E-state index contributed by atoms with van der Waals surface area (Å²) in [4.78, 5) is 98.7. The molecule has 6 amide bonds. The molecule has 56 heavy (non-hydrogen) atoms. The summed E-state index contributed by atoms with van der Waals surface area (Å²) >= 11 is 0. The van der Waals surface area contributed by atoms with Gasteiger partial charge in [-0.15, -0.1) is 0 Å². The van der Waals surface area contributed by atoms with Crippen molar-refractivity contribution < 1.29 is 28.8 Å². The predicted molar refractivity (Wildman–Crippen MR) is 209 cm³/mol. The number of aromatic amines is 1. The third kappa shape index (κ3) is 8.29. The molecule has 14 nitrogen and oxygen atoms in total. The van der Waals surface area contributed by atoms with Gasteiger partial charge in [0.05, 0.1) is 6.33 Å². The maximum Gasteiger partial charge on any atom is 0.246 e. The van der Waals surface area contributed by atoms with Crippen molar-refractivity contribution >= 4 is 46.2 Å². The van der Waals surface area contributed by atoms with Crippen molar-refractivity contribution in [3.05, 3.63) is 66.2 Å². The van der Waals surface area contributed by atoms with E-state index in [1.165, 1.54) is 11.2 Å². The minimum absolute atomic E-state index is 0.102. The van der Waals surface area contributed by atoms with E-state index in [0.717, 1.165) is 29.2 Å². The summed E-state index contributed by atoms with van der Waals surface area (Å²) < 4.78 is 0. The fourth-order valence-corrected chi connectivity index (χ4v) is 8.89. The minimum Gasteiger partial charge on any atom is -0.348 e. The van der Waals surface area contributed by atoms with Crippen LogP contribution in [0.1, 0.15) is 82.9 Å². The second-order valence-corrected chi connectivity index (χ2v) is 15.9. The minimum atomic E-state index is -1.08. The lowest BCUT2D eigenvalue weighted by Gasteiger charge is -2.43. The van der Waals surface area contributed by atoms with Gasteiger partial charge >= 0.3 is 0 Å². The van der Waals surface area contributed by atoms with Gasteiger partial charge in [0.15, 0.2) is 0 Å². The molecule has 1 aromatic heterocycles. The average molecular weight is 767 g/mol. The van der Waals surface area contributed by atoms with E-state index in [0.29, 0.717) is 70.3 Å². The number of H-pyrrole nitrogens is 1. The topological polar surface area (TPSA) is 177 Å². The molecule has 0 saturated carbocycles. The van der Waals surface area contributed by atoms with E-state index >= 15 is 0 Å². The fourth-order valence-electron chi connectivity index (χ4n) is 8.89. The van der Waals surface area contributed by atoms with Gasteiger partial charge in [0.1, 0.15) is 36.3 Å². The number of hydrogen-bond donors (Lipinski definition) is 4. The number of amides is 6. The number of benzene rings is 2. The van der Waals surface area contributed by atoms with Crippen molar-refractivity contribution in [3.63, 3.8) is 0 Å². The zero-order valence-corrected chi connectivity index (χ0v) is 32.4. The van der Waals surface area contributed by atoms with Gasteiger partial charge < -0.3 is 35.6 Å². The Bertz CT molecular complexity index is 1930. The number of piperidine rings is 2. The Morgan fingerprint density at radius 3 is 1.98 bits per heavy atom. The molecular formula is C42H54N8O6. The highest BCUT2D eigenvalue weighted by Crippen LogP contribution is 2.27. The van der Waals surface area contributed by atoms with Crippen LogP contribution in [0.5, 0.6) is 0 Å². The SMILES string of the molecule is CCC(C)C1NC(=O)[C@@H](Cc2ccc3ccccc3c2)NC(=O)C2CCCN2C(=O)[C@@H](Cc2cnc[nH]2)NC(=O)C2CCCCN2C(=O)[C@H]2CCCCN2C1=O. The van der Waals surface area contributed by atoms with Crippen LogP contribution in [-0.2, 0) is 41.6 Å². The molecule has 4 saturated heterocycles. The Hall–Kier alpha value is -5.27. The lowest BCUT2D eigenvalue weighted by atomic mass is 9.92. The molecule has 2 aromatic carbocycles. The molecule has 5 heterocycles. The van der Waals surface area contributed by atoms with Gasteiger partial charge in [0, 0.05) is 44.4 Å². The summed E-state index contributed by atoms with van der Waals surface area (Å²) in [5, 5.41) is 11.0. The second-order valence-electron chi connectivity index (χ2n) is 15.9. The molecule has 0 aliphatic carbocycles. The molecule has 0 radical (unpaired) electrons. The first-order chi connectivity index (χ1) is 27.1. The molecule has 7 atom stereocenters. The van der Waals surface area contributed by atoms with E-state index in [2.05, 4.69) is 25.9 Å². The van der Waals surface area contributed by atoms with Gasteiger partial charge in [-0.3, -0.25) is 28.8 Å². The summed E-state index contributed by atoms with van der Waals surface area (Å²) in [6, 6.07) is 8.19. The van der Waals surface area contributed by atoms with Crippen LogP contribution in [0.4, 0.5) is 0 Å². The van der Waals surface area contributed by atoms with Crippen molar-refractivity contribution in [2.24, 2.45) is 5.92 Å². The number of fused-ring (bicyclic) bond motifs is 4. The highest BCUT2D eigenvalue weighted by Gasteiger charge is 2.45. The Morgan fingerprint density at radius 2 is 1.29 bits per heavy atom. The predicted octanol–water partition coefficient (Wildman–Crippen LogP) is 2.62. The Balaban J connectivity index is 1.28. The fraction of sp³-hybridized carbons (Fsp3) is 0.548. The molecule has 0 bridgehead atoms. The number of carbonyl (C=O) groups is 6. The smallest absolute Gasteiger partial charge is 0.246 e.